The quantitative estimate of drug-likeness (QED) is 0.353. The Kier molecular flexibility index (Phi) is 6.64. The van der Waals surface area contributed by atoms with E-state index in [9.17, 15) is 4.79 Å². The molecule has 0 rings (SSSR count). The van der Waals surface area contributed by atoms with Crippen molar-refractivity contribution in [2.24, 2.45) is 5.92 Å². The number of aliphatic hydroxyl groups excluding tert-OH is 3. The number of ether oxygens (including phenoxy) is 1. The Morgan fingerprint density at radius 3 is 2.25 bits per heavy atom. The van der Waals surface area contributed by atoms with Gasteiger partial charge >= 0.3 is 5.97 Å². The average Bonchev–Trinajstić information content (AvgIpc) is 2.07. The van der Waals surface area contributed by atoms with Crippen LogP contribution in [0.5, 0.6) is 0 Å². The van der Waals surface area contributed by atoms with Crippen LogP contribution in [0.2, 0.25) is 0 Å². The van der Waals surface area contributed by atoms with Gasteiger partial charge in [-0.25, -0.2) is 0 Å². The largest absolute Gasteiger partial charge is 0.439 e. The molecule has 0 aliphatic carbocycles. The van der Waals surface area contributed by atoms with E-state index in [4.69, 9.17) is 15.3 Å². The number of rotatable bonds is 6. The summed E-state index contributed by atoms with van der Waals surface area (Å²) in [6, 6.07) is 0. The van der Waals surface area contributed by atoms with Crippen LogP contribution in [0.25, 0.3) is 0 Å². The molecule has 0 aromatic carbocycles. The maximum Gasteiger partial charge on any atom is 0.307 e. The molecule has 3 N–H and O–H groups in total. The second kappa shape index (κ2) is 7.02. The van der Waals surface area contributed by atoms with E-state index in [1.807, 2.05) is 0 Å². The van der Waals surface area contributed by atoms with Crippen LogP contribution in [0.15, 0.2) is 0 Å². The lowest BCUT2D eigenvalue weighted by Gasteiger charge is -2.08. The van der Waals surface area contributed by atoms with Gasteiger partial charge in [0, 0.05) is 25.6 Å². The van der Waals surface area contributed by atoms with E-state index in [2.05, 4.69) is 4.74 Å². The molecule has 0 saturated heterocycles. The number of esters is 1. The van der Waals surface area contributed by atoms with E-state index in [0.717, 1.165) is 0 Å². The van der Waals surface area contributed by atoms with Gasteiger partial charge in [0.25, 0.3) is 0 Å². The Hall–Kier alpha value is -0.650. The first-order valence-corrected chi connectivity index (χ1v) is 3.72. The normalized spacial score (nSPS) is 10.3. The smallest absolute Gasteiger partial charge is 0.307 e. The standard InChI is InChI=1S/C7H14O5/c8-3-6(4-9)1-2-7(11)12-5-10/h6,8-10H,1-5H2. The first-order valence-electron chi connectivity index (χ1n) is 3.72. The van der Waals surface area contributed by atoms with Gasteiger partial charge in [0.15, 0.2) is 6.79 Å². The summed E-state index contributed by atoms with van der Waals surface area (Å²) in [4.78, 5) is 10.6. The maximum absolute atomic E-state index is 10.6. The van der Waals surface area contributed by atoms with Crippen molar-refractivity contribution < 1.29 is 24.9 Å². The fourth-order valence-corrected chi connectivity index (χ4v) is 0.706. The van der Waals surface area contributed by atoms with Crippen LogP contribution in [0.3, 0.4) is 0 Å². The molecule has 0 heterocycles. The minimum Gasteiger partial charge on any atom is -0.439 e. The highest BCUT2D eigenvalue weighted by molar-refractivity contribution is 5.69. The molecule has 0 bridgehead atoms. The molecule has 5 heteroatoms. The van der Waals surface area contributed by atoms with Crippen molar-refractivity contribution in [2.45, 2.75) is 12.8 Å². The Bertz CT molecular complexity index is 121. The van der Waals surface area contributed by atoms with Crippen molar-refractivity contribution in [1.29, 1.82) is 0 Å². The van der Waals surface area contributed by atoms with Crippen molar-refractivity contribution in [3.63, 3.8) is 0 Å². The number of aliphatic hydroxyl groups is 3. The summed E-state index contributed by atoms with van der Waals surface area (Å²) in [6.07, 6.45) is 0.470. The summed E-state index contributed by atoms with van der Waals surface area (Å²) in [5.74, 6) is -0.805. The number of hydrogen-bond acceptors (Lipinski definition) is 5. The zero-order valence-corrected chi connectivity index (χ0v) is 6.77. The van der Waals surface area contributed by atoms with Crippen LogP contribution < -0.4 is 0 Å². The van der Waals surface area contributed by atoms with Gasteiger partial charge in [-0.2, -0.15) is 0 Å². The number of carbonyl (C=O) groups excluding carboxylic acids is 1. The van der Waals surface area contributed by atoms with E-state index in [1.165, 1.54) is 0 Å². The average molecular weight is 178 g/mol. The second-order valence-corrected chi connectivity index (χ2v) is 2.42. The molecule has 0 radical (unpaired) electrons. The lowest BCUT2D eigenvalue weighted by molar-refractivity contribution is -0.152. The van der Waals surface area contributed by atoms with Gasteiger partial charge in [0.05, 0.1) is 0 Å². The molecular weight excluding hydrogens is 164 g/mol. The van der Waals surface area contributed by atoms with Gasteiger partial charge in [-0.3, -0.25) is 4.79 Å². The molecule has 0 aliphatic heterocycles. The Labute approximate surface area is 70.6 Å². The molecule has 5 nitrogen and oxygen atoms in total. The zero-order chi connectivity index (χ0) is 9.40. The van der Waals surface area contributed by atoms with Crippen LogP contribution in [-0.2, 0) is 9.53 Å². The van der Waals surface area contributed by atoms with Crippen LogP contribution in [0.4, 0.5) is 0 Å². The molecular formula is C7H14O5. The summed E-state index contributed by atoms with van der Waals surface area (Å²) in [5.41, 5.74) is 0. The molecule has 0 aromatic rings. The molecule has 0 amide bonds. The van der Waals surface area contributed by atoms with E-state index < -0.39 is 12.8 Å². The topological polar surface area (TPSA) is 87.0 Å². The lowest BCUT2D eigenvalue weighted by atomic mass is 10.1. The van der Waals surface area contributed by atoms with Gasteiger partial charge < -0.3 is 20.1 Å². The third-order valence-electron chi connectivity index (χ3n) is 1.50. The highest BCUT2D eigenvalue weighted by Gasteiger charge is 2.09. The molecule has 0 unspecified atom stereocenters. The lowest BCUT2D eigenvalue weighted by Crippen LogP contribution is -2.14. The number of carbonyl (C=O) groups is 1. The third-order valence-corrected chi connectivity index (χ3v) is 1.50. The van der Waals surface area contributed by atoms with Crippen LogP contribution in [0, 0.1) is 5.92 Å². The summed E-state index contributed by atoms with van der Waals surface area (Å²) in [7, 11) is 0. The SMILES string of the molecule is O=C(CCC(CO)CO)OCO. The first-order chi connectivity index (χ1) is 5.74. The van der Waals surface area contributed by atoms with Crippen LogP contribution in [-0.4, -0.2) is 41.3 Å². The monoisotopic (exact) mass is 178 g/mol. The van der Waals surface area contributed by atoms with Gasteiger partial charge in [0.1, 0.15) is 0 Å². The summed E-state index contributed by atoms with van der Waals surface area (Å²) in [5, 5.41) is 25.4. The predicted molar refractivity (Wildman–Crippen MR) is 40.1 cm³/mol. The summed E-state index contributed by atoms with van der Waals surface area (Å²) < 4.78 is 4.23. The van der Waals surface area contributed by atoms with E-state index in [-0.39, 0.29) is 25.6 Å². The maximum atomic E-state index is 10.6. The minimum absolute atomic E-state index is 0.104. The Balaban J connectivity index is 3.44. The fraction of sp³-hybridized carbons (Fsp3) is 0.857. The fourth-order valence-electron chi connectivity index (χ4n) is 0.706. The van der Waals surface area contributed by atoms with Crippen molar-refractivity contribution in [3.8, 4) is 0 Å². The Morgan fingerprint density at radius 2 is 1.83 bits per heavy atom. The molecule has 0 fully saturated rings. The van der Waals surface area contributed by atoms with Crippen molar-refractivity contribution in [1.82, 2.24) is 0 Å². The first kappa shape index (κ1) is 11.4. The Morgan fingerprint density at radius 1 is 1.25 bits per heavy atom. The summed E-state index contributed by atoms with van der Waals surface area (Å²) in [6.45, 7) is -0.923. The van der Waals surface area contributed by atoms with Crippen molar-refractivity contribution >= 4 is 5.97 Å². The van der Waals surface area contributed by atoms with Crippen LogP contribution >= 0.6 is 0 Å². The van der Waals surface area contributed by atoms with Crippen molar-refractivity contribution in [3.05, 3.63) is 0 Å². The van der Waals surface area contributed by atoms with E-state index in [0.29, 0.717) is 6.42 Å². The minimum atomic E-state index is -0.623. The summed E-state index contributed by atoms with van der Waals surface area (Å²) >= 11 is 0. The second-order valence-electron chi connectivity index (χ2n) is 2.42. The van der Waals surface area contributed by atoms with E-state index >= 15 is 0 Å². The number of hydrogen-bond donors (Lipinski definition) is 3. The van der Waals surface area contributed by atoms with E-state index in [1.54, 1.807) is 0 Å². The van der Waals surface area contributed by atoms with Gasteiger partial charge in [0.2, 0.25) is 0 Å². The third kappa shape index (κ3) is 5.06. The molecule has 12 heavy (non-hydrogen) atoms. The zero-order valence-electron chi connectivity index (χ0n) is 6.77. The predicted octanol–water partition coefficient (Wildman–Crippen LogP) is -1.14. The highest BCUT2D eigenvalue weighted by Crippen LogP contribution is 2.05. The van der Waals surface area contributed by atoms with Crippen molar-refractivity contribution in [2.75, 3.05) is 20.0 Å². The van der Waals surface area contributed by atoms with Crippen LogP contribution in [0.1, 0.15) is 12.8 Å². The molecule has 0 saturated carbocycles. The molecule has 0 aromatic heterocycles. The molecule has 0 atom stereocenters. The van der Waals surface area contributed by atoms with Gasteiger partial charge in [-0.1, -0.05) is 0 Å². The highest BCUT2D eigenvalue weighted by atomic mass is 16.6. The molecule has 0 aliphatic rings. The van der Waals surface area contributed by atoms with Gasteiger partial charge in [-0.05, 0) is 6.42 Å². The van der Waals surface area contributed by atoms with Gasteiger partial charge in [-0.15, -0.1) is 0 Å². The molecule has 72 valence electrons. The molecule has 0 spiro atoms.